The predicted molar refractivity (Wildman–Crippen MR) is 130 cm³/mol. The third-order valence-corrected chi connectivity index (χ3v) is 5.63. The number of amidine groups is 1. The molecule has 11 heteroatoms. The van der Waals surface area contributed by atoms with Crippen LogP contribution in [0.1, 0.15) is 22.7 Å². The Bertz CT molecular complexity index is 1270. The minimum atomic E-state index is -1.04. The normalized spacial score (nSPS) is 17.4. The molecule has 0 radical (unpaired) electrons. The van der Waals surface area contributed by atoms with E-state index in [1.165, 1.54) is 0 Å². The van der Waals surface area contributed by atoms with Gasteiger partial charge in [-0.25, -0.2) is 15.0 Å². The van der Waals surface area contributed by atoms with E-state index >= 15 is 0 Å². The van der Waals surface area contributed by atoms with Crippen molar-refractivity contribution in [3.8, 4) is 0 Å². The average Bonchev–Trinajstić information content (AvgIpc) is 3.28. The van der Waals surface area contributed by atoms with Gasteiger partial charge in [-0.2, -0.15) is 0 Å². The molecule has 2 aromatic carbocycles. The number of aryl methyl sites for hydroxylation is 1. The van der Waals surface area contributed by atoms with Crippen LogP contribution in [0.2, 0.25) is 0 Å². The molecule has 3 heterocycles. The van der Waals surface area contributed by atoms with Gasteiger partial charge in [0.05, 0.1) is 24.6 Å². The molecule has 2 aliphatic rings. The van der Waals surface area contributed by atoms with Gasteiger partial charge in [0, 0.05) is 31.1 Å². The quantitative estimate of drug-likeness (QED) is 0.333. The lowest BCUT2D eigenvalue weighted by Crippen LogP contribution is -2.49. The number of fused-ring (bicyclic) bond motifs is 1. The summed E-state index contributed by atoms with van der Waals surface area (Å²) in [5, 5.41) is 31.2. The minimum Gasteiger partial charge on any atom is -0.425 e. The summed E-state index contributed by atoms with van der Waals surface area (Å²) in [6.07, 6.45) is -1.04. The summed E-state index contributed by atoms with van der Waals surface area (Å²) in [7, 11) is 0. The Morgan fingerprint density at radius 1 is 1.09 bits per heavy atom. The number of anilines is 2. The van der Waals surface area contributed by atoms with Crippen LogP contribution in [0.15, 0.2) is 64.0 Å². The fourth-order valence-electron chi connectivity index (χ4n) is 4.01. The van der Waals surface area contributed by atoms with E-state index in [1.54, 1.807) is 13.0 Å². The first-order valence-electron chi connectivity index (χ1n) is 11.1. The van der Waals surface area contributed by atoms with Gasteiger partial charge in [-0.1, -0.05) is 48.5 Å². The topological polar surface area (TPSA) is 143 Å². The van der Waals surface area contributed by atoms with Gasteiger partial charge in [0.2, 0.25) is 18.1 Å². The summed E-state index contributed by atoms with van der Waals surface area (Å²) < 4.78 is 16.5. The van der Waals surface area contributed by atoms with Crippen molar-refractivity contribution in [3.05, 3.63) is 77.3 Å². The molecule has 0 amide bonds. The molecule has 5 rings (SSSR count). The van der Waals surface area contributed by atoms with Crippen LogP contribution in [0.4, 0.5) is 11.6 Å². The Kier molecular flexibility index (Phi) is 6.17. The van der Waals surface area contributed by atoms with Crippen LogP contribution in [-0.4, -0.2) is 60.4 Å². The maximum absolute atomic E-state index is 10.8. The molecule has 1 fully saturated rings. The largest absolute Gasteiger partial charge is 0.425 e. The average molecular weight is 476 g/mol. The Balaban J connectivity index is 1.35. The smallest absolute Gasteiger partial charge is 0.291 e. The number of para-hydroxylation sites is 1. The molecule has 1 aromatic heterocycles. The maximum Gasteiger partial charge on any atom is 0.291 e. The highest BCUT2D eigenvalue weighted by atomic mass is 16.5. The van der Waals surface area contributed by atoms with Crippen LogP contribution in [0.3, 0.4) is 0 Å². The summed E-state index contributed by atoms with van der Waals surface area (Å²) >= 11 is 0. The molecule has 2 aliphatic heterocycles. The molecule has 0 spiro atoms. The van der Waals surface area contributed by atoms with E-state index in [4.69, 9.17) is 24.7 Å². The molecular formula is C24H25N7O4. The van der Waals surface area contributed by atoms with Crippen LogP contribution in [0.5, 0.6) is 0 Å². The minimum absolute atomic E-state index is 0.194. The first-order chi connectivity index (χ1) is 17.0. The molecule has 1 atom stereocenters. The number of benzene rings is 2. The molecule has 0 aliphatic carbocycles. The number of rotatable bonds is 4. The van der Waals surface area contributed by atoms with Crippen molar-refractivity contribution in [2.75, 3.05) is 36.3 Å². The van der Waals surface area contributed by atoms with Crippen molar-refractivity contribution in [2.24, 2.45) is 4.99 Å². The lowest BCUT2D eigenvalue weighted by Gasteiger charge is -2.32. The Morgan fingerprint density at radius 3 is 2.57 bits per heavy atom. The van der Waals surface area contributed by atoms with Gasteiger partial charge in [-0.3, -0.25) is 21.3 Å². The van der Waals surface area contributed by atoms with E-state index in [-0.39, 0.29) is 11.6 Å². The van der Waals surface area contributed by atoms with Crippen LogP contribution >= 0.6 is 0 Å². The van der Waals surface area contributed by atoms with Gasteiger partial charge in [0.15, 0.2) is 11.6 Å². The number of aromatic nitrogens is 1. The van der Waals surface area contributed by atoms with Crippen LogP contribution in [-0.2, 0) is 9.47 Å². The molecule has 0 saturated carbocycles. The van der Waals surface area contributed by atoms with Crippen molar-refractivity contribution >= 4 is 29.2 Å². The predicted octanol–water partition coefficient (Wildman–Crippen LogP) is 2.72. The Hall–Kier alpha value is -4.22. The molecule has 180 valence electrons. The van der Waals surface area contributed by atoms with E-state index in [0.717, 1.165) is 16.2 Å². The number of hydrogen-bond donors (Lipinski definition) is 4. The molecule has 0 bridgehead atoms. The van der Waals surface area contributed by atoms with Gasteiger partial charge in [0.25, 0.3) is 6.02 Å². The number of nitrogens with zero attached hydrogens (tertiary/aromatic N) is 4. The fraction of sp³-hybridized carbons (Fsp3) is 0.250. The zero-order valence-corrected chi connectivity index (χ0v) is 19.1. The van der Waals surface area contributed by atoms with E-state index in [9.17, 15) is 5.21 Å². The summed E-state index contributed by atoms with van der Waals surface area (Å²) in [5.74, 6) is 0.439. The molecular weight excluding hydrogens is 450 g/mol. The second kappa shape index (κ2) is 9.57. The lowest BCUT2D eigenvalue weighted by molar-refractivity contribution is 0.120. The van der Waals surface area contributed by atoms with Crippen molar-refractivity contribution in [3.63, 3.8) is 0 Å². The summed E-state index contributed by atoms with van der Waals surface area (Å²) in [5.41, 5.74) is 3.01. The number of hydrogen-bond acceptors (Lipinski definition) is 10. The monoisotopic (exact) mass is 475 g/mol. The van der Waals surface area contributed by atoms with Gasteiger partial charge >= 0.3 is 0 Å². The van der Waals surface area contributed by atoms with E-state index in [0.29, 0.717) is 49.5 Å². The maximum atomic E-state index is 10.8. The third-order valence-electron chi connectivity index (χ3n) is 5.63. The van der Waals surface area contributed by atoms with Crippen molar-refractivity contribution in [1.82, 2.24) is 10.3 Å². The molecule has 35 heavy (non-hydrogen) atoms. The van der Waals surface area contributed by atoms with E-state index in [2.05, 4.69) is 15.3 Å². The van der Waals surface area contributed by atoms with Crippen molar-refractivity contribution < 1.29 is 19.1 Å². The third kappa shape index (κ3) is 4.59. The molecule has 11 nitrogen and oxygen atoms in total. The van der Waals surface area contributed by atoms with Gasteiger partial charge in [0.1, 0.15) is 0 Å². The van der Waals surface area contributed by atoms with Crippen LogP contribution in [0, 0.1) is 17.7 Å². The van der Waals surface area contributed by atoms with Gasteiger partial charge in [-0.15, -0.1) is 0 Å². The van der Waals surface area contributed by atoms with Crippen LogP contribution in [0.25, 0.3) is 0 Å². The fourth-order valence-corrected chi connectivity index (χ4v) is 4.01. The number of aliphatic imine (C=N–C) groups is 1. The Morgan fingerprint density at radius 2 is 1.80 bits per heavy atom. The van der Waals surface area contributed by atoms with Gasteiger partial charge in [-0.05, 0) is 6.07 Å². The second-order valence-electron chi connectivity index (χ2n) is 7.97. The second-order valence-corrected chi connectivity index (χ2v) is 7.97. The Labute approximate surface area is 201 Å². The zero-order chi connectivity index (χ0) is 24.4. The SMILES string of the molecule is Cc1nc(C(=N)OC(=N)NC2N=C(c3ccccc3)c3ccccc3N2O)c(N2CCOCC2)o1. The summed E-state index contributed by atoms with van der Waals surface area (Å²) in [6.45, 7) is 3.97. The van der Waals surface area contributed by atoms with Gasteiger partial charge < -0.3 is 18.8 Å². The first kappa shape index (κ1) is 22.6. The van der Waals surface area contributed by atoms with E-state index in [1.807, 2.05) is 53.4 Å². The molecule has 4 N–H and O–H groups in total. The summed E-state index contributed by atoms with van der Waals surface area (Å²) in [6, 6.07) is 16.4. The molecule has 3 aromatic rings. The highest BCUT2D eigenvalue weighted by molar-refractivity contribution is 6.17. The number of oxazole rings is 1. The highest BCUT2D eigenvalue weighted by Crippen LogP contribution is 2.29. The molecule has 1 unspecified atom stereocenters. The van der Waals surface area contributed by atoms with E-state index < -0.39 is 12.3 Å². The zero-order valence-electron chi connectivity index (χ0n) is 19.1. The number of hydroxylamine groups is 1. The number of ether oxygens (including phenoxy) is 2. The van der Waals surface area contributed by atoms with Crippen molar-refractivity contribution in [2.45, 2.75) is 13.2 Å². The van der Waals surface area contributed by atoms with Crippen molar-refractivity contribution in [1.29, 1.82) is 10.8 Å². The molecule has 1 saturated heterocycles. The summed E-state index contributed by atoms with van der Waals surface area (Å²) in [4.78, 5) is 10.8. The first-order valence-corrected chi connectivity index (χ1v) is 11.1. The highest BCUT2D eigenvalue weighted by Gasteiger charge is 2.30. The number of morpholine rings is 1. The van der Waals surface area contributed by atoms with Crippen LogP contribution < -0.4 is 15.3 Å². The lowest BCUT2D eigenvalue weighted by atomic mass is 9.99. The number of nitrogens with one attached hydrogen (secondary N) is 3. The standard InChI is InChI=1S/C24H25N7O4/c1-15-27-20(22(34-15)30-11-13-33-14-12-30)21(25)35-23(26)29-24-28-19(16-7-3-2-4-8-16)17-9-5-6-10-18(17)31(24)32/h2-10,24-25,32H,11-14H2,1H3,(H2,26,29).